The predicted octanol–water partition coefficient (Wildman–Crippen LogP) is 8.39. The molecule has 4 N–H and O–H groups in total. The number of rotatable bonds is 35. The van der Waals surface area contributed by atoms with Crippen molar-refractivity contribution in [3.8, 4) is 0 Å². The van der Waals surface area contributed by atoms with Gasteiger partial charge in [0.15, 0.2) is 6.04 Å². The molecule has 0 saturated carbocycles. The van der Waals surface area contributed by atoms with Gasteiger partial charge < -0.3 is 25.2 Å². The quantitative estimate of drug-likeness (QED) is 0.0287. The van der Waals surface area contributed by atoms with Crippen LogP contribution in [0.3, 0.4) is 0 Å². The van der Waals surface area contributed by atoms with Gasteiger partial charge in [-0.05, 0) is 12.8 Å². The molecule has 0 heterocycles. The highest BCUT2D eigenvalue weighted by molar-refractivity contribution is 7.47. The van der Waals surface area contributed by atoms with Gasteiger partial charge in [-0.25, -0.2) is 9.36 Å². The second-order valence-corrected chi connectivity index (χ2v) is 14.2. The van der Waals surface area contributed by atoms with Crippen LogP contribution in [0.1, 0.15) is 174 Å². The maximum absolute atomic E-state index is 12.2. The van der Waals surface area contributed by atoms with Gasteiger partial charge in [-0.15, -0.1) is 0 Å². The topological polar surface area (TPSA) is 169 Å². The molecule has 3 atom stereocenters. The molecular weight excluding hydrogens is 625 g/mol. The second kappa shape index (κ2) is 31.7. The molecule has 1 amide bonds. The van der Waals surface area contributed by atoms with Crippen LogP contribution in [-0.4, -0.2) is 64.9 Å². The predicted molar refractivity (Wildman–Crippen MR) is 185 cm³/mol. The molecule has 12 heteroatoms. The Hall–Kier alpha value is -1.52. The molecule has 0 aromatic heterocycles. The third kappa shape index (κ3) is 31.5. The van der Waals surface area contributed by atoms with E-state index in [9.17, 15) is 34.1 Å². The first-order valence-electron chi connectivity index (χ1n) is 18.6. The van der Waals surface area contributed by atoms with E-state index in [0.29, 0.717) is 12.8 Å². The number of aliphatic carboxylic acids is 1. The fraction of sp³-hybridized carbons (Fsp3) is 0.914. The number of esters is 1. The number of nitrogens with one attached hydrogen (secondary N) is 1. The summed E-state index contributed by atoms with van der Waals surface area (Å²) >= 11 is 0. The lowest BCUT2D eigenvalue weighted by molar-refractivity contribution is -0.147. The number of hydrogen-bond donors (Lipinski definition) is 4. The van der Waals surface area contributed by atoms with Crippen LogP contribution in [0.15, 0.2) is 0 Å². The molecular formula is C35H68NO10P. The monoisotopic (exact) mass is 693 g/mol. The van der Waals surface area contributed by atoms with Crippen molar-refractivity contribution in [3.63, 3.8) is 0 Å². The number of ether oxygens (including phenoxy) is 1. The van der Waals surface area contributed by atoms with Gasteiger partial charge in [-0.2, -0.15) is 0 Å². The number of amides is 1. The van der Waals surface area contributed by atoms with Crippen LogP contribution in [0.2, 0.25) is 0 Å². The highest BCUT2D eigenvalue weighted by atomic mass is 31.2. The first kappa shape index (κ1) is 45.5. The van der Waals surface area contributed by atoms with Crippen molar-refractivity contribution >= 4 is 25.7 Å². The van der Waals surface area contributed by atoms with E-state index in [1.807, 2.05) is 0 Å². The second-order valence-electron chi connectivity index (χ2n) is 12.8. The third-order valence-electron chi connectivity index (χ3n) is 8.15. The Morgan fingerprint density at radius 1 is 0.596 bits per heavy atom. The summed E-state index contributed by atoms with van der Waals surface area (Å²) in [4.78, 5) is 45.5. The summed E-state index contributed by atoms with van der Waals surface area (Å²) < 4.78 is 26.6. The van der Waals surface area contributed by atoms with Crippen LogP contribution in [0, 0.1) is 0 Å². The van der Waals surface area contributed by atoms with E-state index in [1.165, 1.54) is 96.3 Å². The lowest BCUT2D eigenvalue weighted by Gasteiger charge is -2.18. The number of phosphoric acid groups is 1. The minimum absolute atomic E-state index is 0.152. The van der Waals surface area contributed by atoms with Crippen molar-refractivity contribution in [2.75, 3.05) is 19.8 Å². The van der Waals surface area contributed by atoms with E-state index in [1.54, 1.807) is 0 Å². The zero-order valence-electron chi connectivity index (χ0n) is 29.6. The van der Waals surface area contributed by atoms with E-state index in [0.717, 1.165) is 38.5 Å². The Balaban J connectivity index is 3.96. The summed E-state index contributed by atoms with van der Waals surface area (Å²) in [6.07, 6.45) is 25.8. The molecule has 278 valence electrons. The number of carbonyl (C=O) groups is 3. The fourth-order valence-electron chi connectivity index (χ4n) is 5.20. The van der Waals surface area contributed by atoms with Gasteiger partial charge in [0.1, 0.15) is 12.7 Å². The maximum Gasteiger partial charge on any atom is 0.472 e. The molecule has 0 aliphatic rings. The molecule has 11 nitrogen and oxygen atoms in total. The van der Waals surface area contributed by atoms with Crippen LogP contribution >= 0.6 is 7.82 Å². The molecule has 0 aromatic carbocycles. The van der Waals surface area contributed by atoms with E-state index in [-0.39, 0.29) is 12.8 Å². The van der Waals surface area contributed by atoms with Gasteiger partial charge in [0.2, 0.25) is 5.91 Å². The van der Waals surface area contributed by atoms with Crippen LogP contribution in [0.4, 0.5) is 0 Å². The molecule has 0 saturated heterocycles. The molecule has 0 rings (SSSR count). The van der Waals surface area contributed by atoms with Crippen LogP contribution in [0.25, 0.3) is 0 Å². The SMILES string of the molecule is CCCCCCCCCCCCCCCCCC(=O)NC(COP(=O)(O)OCC(O)COC(=O)CCCCCCCCCC)C(=O)O. The number of hydrogen-bond acceptors (Lipinski definition) is 8. The number of aliphatic hydroxyl groups is 1. The Labute approximate surface area is 284 Å². The number of carboxylic acid groups (broad SMARTS) is 1. The van der Waals surface area contributed by atoms with Crippen molar-refractivity contribution in [2.45, 2.75) is 187 Å². The van der Waals surface area contributed by atoms with Crippen molar-refractivity contribution in [1.29, 1.82) is 0 Å². The van der Waals surface area contributed by atoms with Crippen molar-refractivity contribution in [3.05, 3.63) is 0 Å². The normalized spacial score (nSPS) is 14.0. The van der Waals surface area contributed by atoms with Gasteiger partial charge in [0.05, 0.1) is 13.2 Å². The number of carboxylic acids is 1. The summed E-state index contributed by atoms with van der Waals surface area (Å²) in [6.45, 7) is 2.54. The van der Waals surface area contributed by atoms with Crippen LogP contribution < -0.4 is 5.32 Å². The van der Waals surface area contributed by atoms with E-state index in [2.05, 4.69) is 19.2 Å². The molecule has 0 fully saturated rings. The van der Waals surface area contributed by atoms with Gasteiger partial charge in [0.25, 0.3) is 0 Å². The Morgan fingerprint density at radius 2 is 0.979 bits per heavy atom. The van der Waals surface area contributed by atoms with E-state index in [4.69, 9.17) is 13.8 Å². The molecule has 0 spiro atoms. The lowest BCUT2D eigenvalue weighted by Crippen LogP contribution is -2.43. The lowest BCUT2D eigenvalue weighted by atomic mass is 10.0. The third-order valence-corrected chi connectivity index (χ3v) is 9.10. The van der Waals surface area contributed by atoms with Gasteiger partial charge in [0, 0.05) is 12.8 Å². The highest BCUT2D eigenvalue weighted by Gasteiger charge is 2.28. The first-order valence-corrected chi connectivity index (χ1v) is 20.1. The maximum atomic E-state index is 12.2. The van der Waals surface area contributed by atoms with Crippen molar-refractivity contribution in [1.82, 2.24) is 5.32 Å². The largest absolute Gasteiger partial charge is 0.480 e. The van der Waals surface area contributed by atoms with Crippen LogP contribution in [-0.2, 0) is 32.7 Å². The highest BCUT2D eigenvalue weighted by Crippen LogP contribution is 2.43. The van der Waals surface area contributed by atoms with E-state index >= 15 is 0 Å². The summed E-state index contributed by atoms with van der Waals surface area (Å²) in [6, 6.07) is -1.54. The first-order chi connectivity index (χ1) is 22.6. The van der Waals surface area contributed by atoms with Crippen molar-refractivity contribution < 1.29 is 47.8 Å². The Morgan fingerprint density at radius 3 is 1.40 bits per heavy atom. The summed E-state index contributed by atoms with van der Waals surface area (Å²) in [5, 5.41) is 21.7. The summed E-state index contributed by atoms with van der Waals surface area (Å²) in [5.41, 5.74) is 0. The number of unbranched alkanes of at least 4 members (excludes halogenated alkanes) is 21. The number of aliphatic hydroxyl groups excluding tert-OH is 1. The molecule has 0 bridgehead atoms. The zero-order chi connectivity index (χ0) is 35.0. The van der Waals surface area contributed by atoms with Gasteiger partial charge >= 0.3 is 19.8 Å². The molecule has 0 aromatic rings. The number of carbonyl (C=O) groups excluding carboxylic acids is 2. The average Bonchev–Trinajstić information content (AvgIpc) is 3.04. The minimum Gasteiger partial charge on any atom is -0.480 e. The number of phosphoric ester groups is 1. The van der Waals surface area contributed by atoms with Crippen molar-refractivity contribution in [2.24, 2.45) is 0 Å². The molecule has 0 aliphatic carbocycles. The zero-order valence-corrected chi connectivity index (χ0v) is 30.5. The minimum atomic E-state index is -4.74. The standard InChI is InChI=1S/C35H68NO10P/c1-3-5-7-9-11-13-14-15-16-17-18-19-20-22-24-26-33(38)36-32(35(40)41)30-46-47(42,43)45-29-31(37)28-44-34(39)27-25-23-21-12-10-8-6-4-2/h31-32,37H,3-30H2,1-2H3,(H,36,38)(H,40,41)(H,42,43). The Kier molecular flexibility index (Phi) is 30.7. The van der Waals surface area contributed by atoms with Gasteiger partial charge in [-0.3, -0.25) is 18.6 Å². The fourth-order valence-corrected chi connectivity index (χ4v) is 5.97. The molecule has 3 unspecified atom stereocenters. The Bertz CT molecular complexity index is 828. The summed E-state index contributed by atoms with van der Waals surface area (Å²) in [7, 11) is -4.74. The van der Waals surface area contributed by atoms with E-state index < -0.39 is 57.6 Å². The average molecular weight is 694 g/mol. The van der Waals surface area contributed by atoms with Crippen LogP contribution in [0.5, 0.6) is 0 Å². The molecule has 0 radical (unpaired) electrons. The smallest absolute Gasteiger partial charge is 0.472 e. The molecule has 47 heavy (non-hydrogen) atoms. The summed E-state index contributed by atoms with van der Waals surface area (Å²) in [5.74, 6) is -2.37. The molecule has 0 aliphatic heterocycles. The van der Waals surface area contributed by atoms with Gasteiger partial charge in [-0.1, -0.05) is 149 Å².